The molecule has 0 spiro atoms. The van der Waals surface area contributed by atoms with Crippen LogP contribution in [-0.2, 0) is 5.54 Å². The summed E-state index contributed by atoms with van der Waals surface area (Å²) >= 11 is 0. The van der Waals surface area contributed by atoms with E-state index in [0.717, 1.165) is 44.2 Å². The average molecular weight is 378 g/mol. The van der Waals surface area contributed by atoms with Gasteiger partial charge >= 0.3 is 6.03 Å². The largest absolute Gasteiger partial charge is 0.337 e. The Morgan fingerprint density at radius 2 is 1.96 bits per heavy atom. The third-order valence-corrected chi connectivity index (χ3v) is 5.21. The third-order valence-electron chi connectivity index (χ3n) is 5.21. The number of hydrogen-bond donors (Lipinski definition) is 2. The molecule has 1 unspecified atom stereocenters. The molecule has 7 nitrogen and oxygen atoms in total. The number of carbonyl (C=O) groups excluding carboxylic acids is 1. The van der Waals surface area contributed by atoms with Gasteiger partial charge in [-0.1, -0.05) is 36.2 Å². The Balaban J connectivity index is 0.00000196. The number of amides is 2. The number of nitrogens with zero attached hydrogens (tertiary/aromatic N) is 3. The molecule has 1 aromatic carbocycles. The molecule has 1 aliphatic carbocycles. The number of urea groups is 1. The second kappa shape index (κ2) is 7.63. The number of benzene rings is 1. The average Bonchev–Trinajstić information content (AvgIpc) is 3.36. The van der Waals surface area contributed by atoms with Gasteiger partial charge in [-0.3, -0.25) is 0 Å². The highest BCUT2D eigenvalue weighted by Gasteiger charge is 2.39. The van der Waals surface area contributed by atoms with Gasteiger partial charge in [0.05, 0.1) is 5.54 Å². The maximum atomic E-state index is 12.6. The highest BCUT2D eigenvalue weighted by atomic mass is 35.5. The third kappa shape index (κ3) is 3.54. The molecule has 140 valence electrons. The van der Waals surface area contributed by atoms with Gasteiger partial charge in [0, 0.05) is 12.2 Å². The number of rotatable bonds is 3. The lowest BCUT2D eigenvalue weighted by atomic mass is 9.98. The Morgan fingerprint density at radius 1 is 1.23 bits per heavy atom. The first-order chi connectivity index (χ1) is 12.2. The molecule has 1 saturated heterocycles. The van der Waals surface area contributed by atoms with E-state index in [4.69, 9.17) is 10.3 Å². The lowest BCUT2D eigenvalue weighted by Crippen LogP contribution is -2.35. The second-order valence-corrected chi connectivity index (χ2v) is 6.97. The number of nitrogens with two attached hydrogens (primary N) is 1. The monoisotopic (exact) mass is 377 g/mol. The first-order valence-corrected chi connectivity index (χ1v) is 8.91. The molecule has 26 heavy (non-hydrogen) atoms. The molecular weight excluding hydrogens is 354 g/mol. The summed E-state index contributed by atoms with van der Waals surface area (Å²) in [6, 6.07) is 9.11. The van der Waals surface area contributed by atoms with Gasteiger partial charge in [0.1, 0.15) is 6.04 Å². The van der Waals surface area contributed by atoms with Crippen molar-refractivity contribution < 1.29 is 9.32 Å². The van der Waals surface area contributed by atoms with E-state index >= 15 is 0 Å². The van der Waals surface area contributed by atoms with Crippen molar-refractivity contribution in [2.24, 2.45) is 5.73 Å². The number of halogens is 1. The molecule has 2 fully saturated rings. The summed E-state index contributed by atoms with van der Waals surface area (Å²) in [5.41, 5.74) is 6.71. The van der Waals surface area contributed by atoms with Gasteiger partial charge < -0.3 is 20.5 Å². The molecule has 2 aliphatic rings. The van der Waals surface area contributed by atoms with Crippen molar-refractivity contribution in [2.75, 3.05) is 11.9 Å². The van der Waals surface area contributed by atoms with E-state index in [1.807, 2.05) is 30.3 Å². The molecule has 3 N–H and O–H groups in total. The highest BCUT2D eigenvalue weighted by Crippen LogP contribution is 2.37. The highest BCUT2D eigenvalue weighted by molar-refractivity contribution is 5.89. The fraction of sp³-hybridized carbons (Fsp3) is 0.500. The first-order valence-electron chi connectivity index (χ1n) is 8.91. The maximum Gasteiger partial charge on any atom is 0.322 e. The number of likely N-dealkylation sites (tertiary alicyclic amines) is 1. The quantitative estimate of drug-likeness (QED) is 0.851. The van der Waals surface area contributed by atoms with E-state index < -0.39 is 5.54 Å². The molecule has 2 amide bonds. The molecule has 2 heterocycles. The molecular formula is C18H24ClN5O2. The minimum atomic E-state index is -0.475. The minimum Gasteiger partial charge on any atom is -0.337 e. The standard InChI is InChI=1S/C18H23N5O2.ClH/c19-18(10-4-5-11-18)16-21-15(25-22-16)14-9-6-12-23(14)17(24)20-13-7-2-1-3-8-13;/h1-3,7-8,14H,4-6,9-12,19H2,(H,20,24);1H. The molecule has 1 aliphatic heterocycles. The van der Waals surface area contributed by atoms with Gasteiger partial charge in [-0.25, -0.2) is 4.79 Å². The number of para-hydroxylation sites is 1. The van der Waals surface area contributed by atoms with Crippen LogP contribution in [0.1, 0.15) is 56.3 Å². The van der Waals surface area contributed by atoms with E-state index in [2.05, 4.69) is 15.5 Å². The summed E-state index contributed by atoms with van der Waals surface area (Å²) in [5, 5.41) is 7.05. The normalized spacial score (nSPS) is 21.4. The summed E-state index contributed by atoms with van der Waals surface area (Å²) in [4.78, 5) is 19.0. The van der Waals surface area contributed by atoms with Crippen molar-refractivity contribution in [3.05, 3.63) is 42.0 Å². The van der Waals surface area contributed by atoms with E-state index in [-0.39, 0.29) is 24.5 Å². The minimum absolute atomic E-state index is 0. The number of anilines is 1. The van der Waals surface area contributed by atoms with E-state index in [9.17, 15) is 4.79 Å². The lowest BCUT2D eigenvalue weighted by molar-refractivity contribution is 0.193. The van der Waals surface area contributed by atoms with E-state index in [1.165, 1.54) is 0 Å². The van der Waals surface area contributed by atoms with Crippen LogP contribution in [0.5, 0.6) is 0 Å². The van der Waals surface area contributed by atoms with Crippen molar-refractivity contribution in [2.45, 2.75) is 50.1 Å². The van der Waals surface area contributed by atoms with Gasteiger partial charge in [0.25, 0.3) is 0 Å². The summed E-state index contributed by atoms with van der Waals surface area (Å²) < 4.78 is 5.49. The molecule has 1 atom stereocenters. The zero-order valence-corrected chi connectivity index (χ0v) is 15.4. The van der Waals surface area contributed by atoms with Crippen LogP contribution in [0, 0.1) is 0 Å². The Morgan fingerprint density at radius 3 is 2.69 bits per heavy atom. The van der Waals surface area contributed by atoms with E-state index in [1.54, 1.807) is 4.90 Å². The zero-order chi connectivity index (χ0) is 17.3. The first kappa shape index (κ1) is 18.7. The van der Waals surface area contributed by atoms with Gasteiger partial charge in [-0.15, -0.1) is 12.4 Å². The molecule has 0 radical (unpaired) electrons. The summed E-state index contributed by atoms with van der Waals surface area (Å²) in [6.07, 6.45) is 5.69. The summed E-state index contributed by atoms with van der Waals surface area (Å²) in [7, 11) is 0. The van der Waals surface area contributed by atoms with Crippen molar-refractivity contribution >= 4 is 24.1 Å². The number of carbonyl (C=O) groups is 1. The molecule has 8 heteroatoms. The zero-order valence-electron chi connectivity index (χ0n) is 14.6. The number of hydrogen-bond acceptors (Lipinski definition) is 5. The fourth-order valence-corrected chi connectivity index (χ4v) is 3.79. The Kier molecular flexibility index (Phi) is 5.48. The van der Waals surface area contributed by atoms with Gasteiger partial charge in [0.2, 0.25) is 5.89 Å². The maximum absolute atomic E-state index is 12.6. The van der Waals surface area contributed by atoms with Crippen molar-refractivity contribution in [3.8, 4) is 0 Å². The van der Waals surface area contributed by atoms with Crippen LogP contribution in [0.15, 0.2) is 34.9 Å². The van der Waals surface area contributed by atoms with Gasteiger partial charge in [-0.2, -0.15) is 4.98 Å². The predicted octanol–water partition coefficient (Wildman–Crippen LogP) is 3.59. The lowest BCUT2D eigenvalue weighted by Gasteiger charge is -2.22. The Labute approximate surface area is 158 Å². The van der Waals surface area contributed by atoms with Crippen LogP contribution in [0.2, 0.25) is 0 Å². The van der Waals surface area contributed by atoms with Crippen LogP contribution in [0.4, 0.5) is 10.5 Å². The van der Waals surface area contributed by atoms with Crippen molar-refractivity contribution in [1.82, 2.24) is 15.0 Å². The van der Waals surface area contributed by atoms with Crippen LogP contribution in [-0.4, -0.2) is 27.6 Å². The van der Waals surface area contributed by atoms with Crippen LogP contribution < -0.4 is 11.1 Å². The predicted molar refractivity (Wildman–Crippen MR) is 100 cm³/mol. The van der Waals surface area contributed by atoms with Crippen LogP contribution in [0.3, 0.4) is 0 Å². The van der Waals surface area contributed by atoms with Crippen molar-refractivity contribution in [3.63, 3.8) is 0 Å². The fourth-order valence-electron chi connectivity index (χ4n) is 3.79. The molecule has 1 aromatic heterocycles. The van der Waals surface area contributed by atoms with Crippen LogP contribution in [0.25, 0.3) is 0 Å². The van der Waals surface area contributed by atoms with Crippen molar-refractivity contribution in [1.29, 1.82) is 0 Å². The van der Waals surface area contributed by atoms with Crippen LogP contribution >= 0.6 is 12.4 Å². The summed E-state index contributed by atoms with van der Waals surface area (Å²) in [5.74, 6) is 1.07. The molecule has 4 rings (SSSR count). The number of nitrogens with one attached hydrogen (secondary N) is 1. The summed E-state index contributed by atoms with van der Waals surface area (Å²) in [6.45, 7) is 0.675. The molecule has 1 saturated carbocycles. The molecule has 2 aromatic rings. The van der Waals surface area contributed by atoms with Gasteiger partial charge in [0.15, 0.2) is 5.82 Å². The Bertz CT molecular complexity index is 745. The second-order valence-electron chi connectivity index (χ2n) is 6.97. The SMILES string of the molecule is Cl.NC1(c2noc(C3CCCN3C(=O)Nc3ccccc3)n2)CCCC1. The van der Waals surface area contributed by atoms with Gasteiger partial charge in [-0.05, 0) is 37.8 Å². The smallest absolute Gasteiger partial charge is 0.322 e. The topological polar surface area (TPSA) is 97.3 Å². The Hall–Kier alpha value is -2.12. The van der Waals surface area contributed by atoms with E-state index in [0.29, 0.717) is 18.3 Å². The number of aromatic nitrogens is 2. The molecule has 0 bridgehead atoms.